The number of para-hydroxylation sites is 1. The molecular formula is C24H28ClN5O2S. The summed E-state index contributed by atoms with van der Waals surface area (Å²) in [5.41, 5.74) is 2.21. The molecule has 1 heterocycles. The van der Waals surface area contributed by atoms with E-state index in [0.717, 1.165) is 11.3 Å². The molecule has 1 unspecified atom stereocenters. The first-order chi connectivity index (χ1) is 15.8. The summed E-state index contributed by atoms with van der Waals surface area (Å²) < 4.78 is 1.93. The highest BCUT2D eigenvalue weighted by atomic mass is 35.5. The summed E-state index contributed by atoms with van der Waals surface area (Å²) in [5, 5.41) is 15.7. The van der Waals surface area contributed by atoms with E-state index in [-0.39, 0.29) is 29.5 Å². The fourth-order valence-corrected chi connectivity index (χ4v) is 4.39. The molecule has 0 saturated carbocycles. The molecule has 0 fully saturated rings. The molecule has 0 saturated heterocycles. The van der Waals surface area contributed by atoms with E-state index in [1.165, 1.54) is 11.8 Å². The van der Waals surface area contributed by atoms with Crippen molar-refractivity contribution < 1.29 is 9.59 Å². The summed E-state index contributed by atoms with van der Waals surface area (Å²) in [6, 6.07) is 14.2. The van der Waals surface area contributed by atoms with E-state index in [2.05, 4.69) is 20.8 Å². The third-order valence-corrected chi connectivity index (χ3v) is 6.46. The Morgan fingerprint density at radius 3 is 2.45 bits per heavy atom. The standard InChI is InChI=1S/C24H28ClN5O2S/c1-5-30-22(21(15(2)3)27-23(32)17-11-7-8-12-18(17)25)28-29-24(30)33-14-20(31)26-19-13-9-6-10-16(19)4/h6-13,15,21H,5,14H2,1-4H3,(H,26,31)(H,27,32). The fourth-order valence-electron chi connectivity index (χ4n) is 3.36. The summed E-state index contributed by atoms with van der Waals surface area (Å²) >= 11 is 7.51. The van der Waals surface area contributed by atoms with Crippen LogP contribution in [0.25, 0.3) is 0 Å². The van der Waals surface area contributed by atoms with Crippen molar-refractivity contribution >= 4 is 40.9 Å². The molecule has 0 radical (unpaired) electrons. The number of nitrogens with zero attached hydrogens (tertiary/aromatic N) is 3. The van der Waals surface area contributed by atoms with Gasteiger partial charge in [0.05, 0.1) is 22.4 Å². The number of benzene rings is 2. The molecule has 3 rings (SSSR count). The molecule has 0 aliphatic rings. The molecule has 33 heavy (non-hydrogen) atoms. The number of halogens is 1. The van der Waals surface area contributed by atoms with E-state index in [1.807, 2.05) is 56.5 Å². The molecule has 2 N–H and O–H groups in total. The van der Waals surface area contributed by atoms with E-state index in [1.54, 1.807) is 24.3 Å². The average molecular weight is 486 g/mol. The summed E-state index contributed by atoms with van der Waals surface area (Å²) in [7, 11) is 0. The lowest BCUT2D eigenvalue weighted by Gasteiger charge is -2.22. The maximum atomic E-state index is 12.9. The SMILES string of the molecule is CCn1c(SCC(=O)Nc2ccccc2C)nnc1C(NC(=O)c1ccccc1Cl)C(C)C. The van der Waals surface area contributed by atoms with Crippen molar-refractivity contribution in [3.8, 4) is 0 Å². The van der Waals surface area contributed by atoms with Gasteiger partial charge in [0.2, 0.25) is 5.91 Å². The Hall–Kier alpha value is -2.84. The van der Waals surface area contributed by atoms with Gasteiger partial charge >= 0.3 is 0 Å². The van der Waals surface area contributed by atoms with Crippen LogP contribution in [0.5, 0.6) is 0 Å². The maximum Gasteiger partial charge on any atom is 0.253 e. The molecule has 3 aromatic rings. The number of hydrogen-bond donors (Lipinski definition) is 2. The van der Waals surface area contributed by atoms with Gasteiger partial charge < -0.3 is 15.2 Å². The zero-order valence-electron chi connectivity index (χ0n) is 19.1. The van der Waals surface area contributed by atoms with Crippen molar-refractivity contribution in [2.45, 2.75) is 45.4 Å². The minimum absolute atomic E-state index is 0.0631. The fraction of sp³-hybridized carbons (Fsp3) is 0.333. The van der Waals surface area contributed by atoms with Crippen LogP contribution in [0, 0.1) is 12.8 Å². The molecule has 0 spiro atoms. The van der Waals surface area contributed by atoms with E-state index in [4.69, 9.17) is 11.6 Å². The van der Waals surface area contributed by atoms with Gasteiger partial charge in [0, 0.05) is 12.2 Å². The lowest BCUT2D eigenvalue weighted by molar-refractivity contribution is -0.113. The number of amides is 2. The van der Waals surface area contributed by atoms with E-state index in [9.17, 15) is 9.59 Å². The Labute approximate surface area is 203 Å². The van der Waals surface area contributed by atoms with Crippen LogP contribution in [0.15, 0.2) is 53.7 Å². The van der Waals surface area contributed by atoms with Crippen molar-refractivity contribution in [2.24, 2.45) is 5.92 Å². The second-order valence-corrected chi connectivity index (χ2v) is 9.26. The van der Waals surface area contributed by atoms with Crippen LogP contribution in [0.1, 0.15) is 48.6 Å². The van der Waals surface area contributed by atoms with Gasteiger partial charge in [0.1, 0.15) is 0 Å². The van der Waals surface area contributed by atoms with Crippen LogP contribution in [0.2, 0.25) is 5.02 Å². The lowest BCUT2D eigenvalue weighted by atomic mass is 10.0. The number of aryl methyl sites for hydroxylation is 1. The molecule has 1 atom stereocenters. The molecule has 7 nitrogen and oxygen atoms in total. The van der Waals surface area contributed by atoms with Crippen molar-refractivity contribution in [3.63, 3.8) is 0 Å². The minimum Gasteiger partial charge on any atom is -0.342 e. The molecule has 2 amide bonds. The summed E-state index contributed by atoms with van der Waals surface area (Å²) in [6.45, 7) is 8.56. The Bertz CT molecular complexity index is 1130. The largest absolute Gasteiger partial charge is 0.342 e. The molecule has 0 bridgehead atoms. The van der Waals surface area contributed by atoms with Crippen LogP contribution in [0.4, 0.5) is 5.69 Å². The first-order valence-electron chi connectivity index (χ1n) is 10.8. The molecule has 1 aromatic heterocycles. The third-order valence-electron chi connectivity index (χ3n) is 5.16. The Morgan fingerprint density at radius 2 is 1.79 bits per heavy atom. The topological polar surface area (TPSA) is 88.9 Å². The van der Waals surface area contributed by atoms with E-state index in [0.29, 0.717) is 28.1 Å². The number of aromatic nitrogens is 3. The summed E-state index contributed by atoms with van der Waals surface area (Å²) in [6.07, 6.45) is 0. The minimum atomic E-state index is -0.364. The first kappa shape index (κ1) is 24.8. The highest BCUT2D eigenvalue weighted by Crippen LogP contribution is 2.26. The number of rotatable bonds is 9. The van der Waals surface area contributed by atoms with Crippen LogP contribution < -0.4 is 10.6 Å². The maximum absolute atomic E-state index is 12.9. The number of nitrogens with one attached hydrogen (secondary N) is 2. The normalized spacial score (nSPS) is 11.9. The second kappa shape index (κ2) is 11.3. The molecule has 0 aliphatic heterocycles. The Balaban J connectivity index is 1.73. The summed E-state index contributed by atoms with van der Waals surface area (Å²) in [5.74, 6) is 0.527. The van der Waals surface area contributed by atoms with Crippen LogP contribution >= 0.6 is 23.4 Å². The van der Waals surface area contributed by atoms with Gasteiger partial charge in [-0.15, -0.1) is 10.2 Å². The number of carbonyl (C=O) groups is 2. The lowest BCUT2D eigenvalue weighted by Crippen LogP contribution is -2.34. The van der Waals surface area contributed by atoms with Gasteiger partial charge in [-0.1, -0.05) is 67.5 Å². The van der Waals surface area contributed by atoms with Crippen LogP contribution in [0.3, 0.4) is 0 Å². The zero-order chi connectivity index (χ0) is 24.0. The van der Waals surface area contributed by atoms with Gasteiger partial charge in [-0.3, -0.25) is 9.59 Å². The first-order valence-corrected chi connectivity index (χ1v) is 12.1. The Morgan fingerprint density at radius 1 is 1.09 bits per heavy atom. The van der Waals surface area contributed by atoms with Crippen molar-refractivity contribution in [1.29, 1.82) is 0 Å². The van der Waals surface area contributed by atoms with E-state index < -0.39 is 0 Å². The monoisotopic (exact) mass is 485 g/mol. The van der Waals surface area contributed by atoms with Gasteiger partial charge in [-0.25, -0.2) is 0 Å². The number of carbonyl (C=O) groups excluding carboxylic acids is 2. The third kappa shape index (κ3) is 6.15. The highest BCUT2D eigenvalue weighted by Gasteiger charge is 2.26. The molecular weight excluding hydrogens is 458 g/mol. The highest BCUT2D eigenvalue weighted by molar-refractivity contribution is 7.99. The quantitative estimate of drug-likeness (QED) is 0.411. The molecule has 2 aromatic carbocycles. The molecule has 9 heteroatoms. The Kier molecular flexibility index (Phi) is 8.52. The predicted molar refractivity (Wildman–Crippen MR) is 133 cm³/mol. The van der Waals surface area contributed by atoms with Crippen molar-refractivity contribution in [2.75, 3.05) is 11.1 Å². The predicted octanol–water partition coefficient (Wildman–Crippen LogP) is 5.12. The number of thioether (sulfide) groups is 1. The van der Waals surface area contributed by atoms with Crippen LogP contribution in [-0.4, -0.2) is 32.3 Å². The second-order valence-electron chi connectivity index (χ2n) is 7.91. The van der Waals surface area contributed by atoms with Crippen molar-refractivity contribution in [1.82, 2.24) is 20.1 Å². The van der Waals surface area contributed by atoms with Gasteiger partial charge in [-0.2, -0.15) is 0 Å². The summed E-state index contributed by atoms with van der Waals surface area (Å²) in [4.78, 5) is 25.3. The van der Waals surface area contributed by atoms with Crippen molar-refractivity contribution in [3.05, 3.63) is 70.5 Å². The average Bonchev–Trinajstić information content (AvgIpc) is 3.20. The number of hydrogen-bond acceptors (Lipinski definition) is 5. The van der Waals surface area contributed by atoms with E-state index >= 15 is 0 Å². The van der Waals surface area contributed by atoms with Gasteiger partial charge in [-0.05, 0) is 43.5 Å². The van der Waals surface area contributed by atoms with Gasteiger partial charge in [0.15, 0.2) is 11.0 Å². The molecule has 0 aliphatic carbocycles. The van der Waals surface area contributed by atoms with Gasteiger partial charge in [0.25, 0.3) is 5.91 Å². The number of anilines is 1. The molecule has 174 valence electrons. The zero-order valence-corrected chi connectivity index (χ0v) is 20.7. The van der Waals surface area contributed by atoms with Crippen LogP contribution in [-0.2, 0) is 11.3 Å². The smallest absolute Gasteiger partial charge is 0.253 e.